The molecule has 33 heavy (non-hydrogen) atoms. The highest BCUT2D eigenvalue weighted by Crippen LogP contribution is 2.29. The lowest BCUT2D eigenvalue weighted by atomic mass is 10.2. The zero-order chi connectivity index (χ0) is 24.0. The van der Waals surface area contributed by atoms with Gasteiger partial charge in [-0.15, -0.1) is 0 Å². The molecule has 0 atom stereocenters. The maximum atomic E-state index is 13.5. The van der Waals surface area contributed by atoms with E-state index in [1.54, 1.807) is 61.5 Å². The summed E-state index contributed by atoms with van der Waals surface area (Å²) in [5.74, 6) is 0.150. The second-order valence-electron chi connectivity index (χ2n) is 7.41. The van der Waals surface area contributed by atoms with Crippen molar-refractivity contribution in [2.45, 2.75) is 18.7 Å². The fraction of sp³-hybridized carbons (Fsp3) is 0.208. The number of amides is 1. The molecule has 0 aliphatic rings. The highest BCUT2D eigenvalue weighted by atomic mass is 35.5. The van der Waals surface area contributed by atoms with Crippen molar-refractivity contribution in [1.29, 1.82) is 0 Å². The van der Waals surface area contributed by atoms with Crippen LogP contribution in [-0.4, -0.2) is 34.0 Å². The van der Waals surface area contributed by atoms with Gasteiger partial charge in [-0.3, -0.25) is 9.10 Å². The van der Waals surface area contributed by atoms with E-state index in [1.807, 2.05) is 6.92 Å². The number of hydrogen-bond donors (Lipinski definition) is 1. The van der Waals surface area contributed by atoms with Gasteiger partial charge in [0.05, 0.1) is 17.1 Å². The second-order valence-corrected chi connectivity index (χ2v) is 10.1. The summed E-state index contributed by atoms with van der Waals surface area (Å²) in [4.78, 5) is 12.8. The van der Waals surface area contributed by atoms with E-state index < -0.39 is 22.5 Å². The Kier molecular flexibility index (Phi) is 8.24. The highest BCUT2D eigenvalue weighted by molar-refractivity contribution is 7.92. The Balaban J connectivity index is 1.75. The van der Waals surface area contributed by atoms with E-state index >= 15 is 0 Å². The minimum atomic E-state index is -4.01. The zero-order valence-electron chi connectivity index (χ0n) is 18.2. The van der Waals surface area contributed by atoms with E-state index in [4.69, 9.17) is 27.9 Å². The van der Waals surface area contributed by atoms with Crippen molar-refractivity contribution in [3.8, 4) is 5.75 Å². The Morgan fingerprint density at radius 2 is 1.58 bits per heavy atom. The second kappa shape index (κ2) is 10.9. The number of carbonyl (C=O) groups excluding carboxylic acids is 1. The number of benzene rings is 3. The average molecular weight is 507 g/mol. The third-order valence-electron chi connectivity index (χ3n) is 4.84. The summed E-state index contributed by atoms with van der Waals surface area (Å²) in [7, 11) is -4.01. The fourth-order valence-corrected chi connectivity index (χ4v) is 4.83. The molecule has 0 fully saturated rings. The zero-order valence-corrected chi connectivity index (χ0v) is 20.5. The van der Waals surface area contributed by atoms with Crippen LogP contribution in [-0.2, 0) is 14.8 Å². The van der Waals surface area contributed by atoms with E-state index in [0.29, 0.717) is 27.0 Å². The molecule has 9 heteroatoms. The summed E-state index contributed by atoms with van der Waals surface area (Å²) in [5.41, 5.74) is 1.95. The predicted octanol–water partition coefficient (Wildman–Crippen LogP) is 5.00. The number of anilines is 1. The van der Waals surface area contributed by atoms with Crippen LogP contribution in [0.5, 0.6) is 5.75 Å². The number of rotatable bonds is 9. The lowest BCUT2D eigenvalue weighted by molar-refractivity contribution is -0.119. The maximum absolute atomic E-state index is 13.5. The number of carbonyl (C=O) groups is 1. The van der Waals surface area contributed by atoms with Gasteiger partial charge in [-0.05, 0) is 67.9 Å². The average Bonchev–Trinajstić information content (AvgIpc) is 2.78. The van der Waals surface area contributed by atoms with Crippen LogP contribution in [0.3, 0.4) is 0 Å². The maximum Gasteiger partial charge on any atom is 0.264 e. The Labute approximate surface area is 204 Å². The van der Waals surface area contributed by atoms with Gasteiger partial charge in [-0.1, -0.05) is 47.0 Å². The molecule has 0 radical (unpaired) electrons. The van der Waals surface area contributed by atoms with Crippen LogP contribution in [0.4, 0.5) is 5.69 Å². The Hall–Kier alpha value is -2.74. The Morgan fingerprint density at radius 3 is 2.24 bits per heavy atom. The van der Waals surface area contributed by atoms with Gasteiger partial charge < -0.3 is 10.1 Å². The first-order valence-electron chi connectivity index (χ1n) is 10.2. The van der Waals surface area contributed by atoms with Crippen molar-refractivity contribution < 1.29 is 17.9 Å². The molecule has 6 nitrogen and oxygen atoms in total. The molecule has 0 saturated carbocycles. The number of ether oxygens (including phenoxy) is 1. The summed E-state index contributed by atoms with van der Waals surface area (Å²) in [5, 5.41) is 3.67. The first kappa shape index (κ1) is 24.9. The van der Waals surface area contributed by atoms with Crippen LogP contribution in [0.25, 0.3) is 0 Å². The molecular weight excluding hydrogens is 483 g/mol. The Morgan fingerprint density at radius 1 is 0.939 bits per heavy atom. The minimum Gasteiger partial charge on any atom is -0.492 e. The summed E-state index contributed by atoms with van der Waals surface area (Å²) < 4.78 is 33.5. The highest BCUT2D eigenvalue weighted by Gasteiger charge is 2.28. The van der Waals surface area contributed by atoms with Gasteiger partial charge in [0.15, 0.2) is 0 Å². The number of nitrogens with one attached hydrogen (secondary N) is 1. The van der Waals surface area contributed by atoms with Crippen LogP contribution >= 0.6 is 23.2 Å². The monoisotopic (exact) mass is 506 g/mol. The van der Waals surface area contributed by atoms with E-state index in [0.717, 1.165) is 9.87 Å². The largest absolute Gasteiger partial charge is 0.492 e. The number of halogens is 2. The predicted molar refractivity (Wildman–Crippen MR) is 132 cm³/mol. The standard InChI is InChI=1S/C24H24Cl2N2O4S/c1-17-3-11-22(12-4-17)33(30,31)28(23-15-20(26)6-5-18(23)2)16-24(29)27-13-14-32-21-9-7-19(25)8-10-21/h3-12,15H,13-14,16H2,1-2H3,(H,27,29). The number of hydrogen-bond acceptors (Lipinski definition) is 4. The van der Waals surface area contributed by atoms with Crippen molar-refractivity contribution in [3.05, 3.63) is 87.9 Å². The fourth-order valence-electron chi connectivity index (χ4n) is 3.06. The molecule has 0 saturated heterocycles. The lowest BCUT2D eigenvalue weighted by Crippen LogP contribution is -2.42. The topological polar surface area (TPSA) is 75.7 Å². The third-order valence-corrected chi connectivity index (χ3v) is 7.10. The van der Waals surface area contributed by atoms with Gasteiger partial charge in [0.25, 0.3) is 10.0 Å². The molecule has 3 aromatic carbocycles. The summed E-state index contributed by atoms with van der Waals surface area (Å²) >= 11 is 12.0. The van der Waals surface area contributed by atoms with Gasteiger partial charge in [-0.2, -0.15) is 0 Å². The van der Waals surface area contributed by atoms with Crippen molar-refractivity contribution in [2.75, 3.05) is 24.0 Å². The van der Waals surface area contributed by atoms with Crippen molar-refractivity contribution >= 4 is 44.8 Å². The quantitative estimate of drug-likeness (QED) is 0.414. The van der Waals surface area contributed by atoms with Gasteiger partial charge in [0.1, 0.15) is 18.9 Å². The van der Waals surface area contributed by atoms with Crippen LogP contribution in [0.1, 0.15) is 11.1 Å². The van der Waals surface area contributed by atoms with Gasteiger partial charge in [0.2, 0.25) is 5.91 Å². The van der Waals surface area contributed by atoms with E-state index in [-0.39, 0.29) is 18.0 Å². The van der Waals surface area contributed by atoms with Crippen LogP contribution in [0.15, 0.2) is 71.6 Å². The number of sulfonamides is 1. The van der Waals surface area contributed by atoms with Crippen molar-refractivity contribution in [3.63, 3.8) is 0 Å². The summed E-state index contributed by atoms with van der Waals surface area (Å²) in [6, 6.07) is 18.3. The molecule has 0 heterocycles. The van der Waals surface area contributed by atoms with Gasteiger partial charge in [0, 0.05) is 10.0 Å². The molecule has 174 valence electrons. The SMILES string of the molecule is Cc1ccc(S(=O)(=O)N(CC(=O)NCCOc2ccc(Cl)cc2)c2cc(Cl)ccc2C)cc1. The third kappa shape index (κ3) is 6.63. The van der Waals surface area contributed by atoms with E-state index in [2.05, 4.69) is 5.32 Å². The van der Waals surface area contributed by atoms with Crippen LogP contribution < -0.4 is 14.4 Å². The normalized spacial score (nSPS) is 11.2. The number of nitrogens with zero attached hydrogens (tertiary/aromatic N) is 1. The first-order chi connectivity index (χ1) is 15.7. The first-order valence-corrected chi connectivity index (χ1v) is 12.4. The lowest BCUT2D eigenvalue weighted by Gasteiger charge is -2.26. The Bertz CT molecular complexity index is 1210. The van der Waals surface area contributed by atoms with E-state index in [1.165, 1.54) is 12.1 Å². The summed E-state index contributed by atoms with van der Waals surface area (Å²) in [6.07, 6.45) is 0. The van der Waals surface area contributed by atoms with Gasteiger partial charge >= 0.3 is 0 Å². The summed E-state index contributed by atoms with van der Waals surface area (Å²) in [6.45, 7) is 3.65. The van der Waals surface area contributed by atoms with Gasteiger partial charge in [-0.25, -0.2) is 8.42 Å². The smallest absolute Gasteiger partial charge is 0.264 e. The van der Waals surface area contributed by atoms with Crippen molar-refractivity contribution in [1.82, 2.24) is 5.32 Å². The number of aryl methyl sites for hydroxylation is 2. The molecule has 0 aliphatic carbocycles. The van der Waals surface area contributed by atoms with Crippen LogP contribution in [0.2, 0.25) is 10.0 Å². The van der Waals surface area contributed by atoms with Crippen molar-refractivity contribution in [2.24, 2.45) is 0 Å². The van der Waals surface area contributed by atoms with E-state index in [9.17, 15) is 13.2 Å². The molecule has 0 spiro atoms. The molecule has 3 rings (SSSR count). The molecule has 0 unspecified atom stereocenters. The molecule has 0 aliphatic heterocycles. The van der Waals surface area contributed by atoms with Crippen LogP contribution in [0, 0.1) is 13.8 Å². The molecular formula is C24H24Cl2N2O4S. The minimum absolute atomic E-state index is 0.0892. The molecule has 0 bridgehead atoms. The molecule has 3 aromatic rings. The molecule has 1 amide bonds. The molecule has 1 N–H and O–H groups in total. The molecule has 0 aromatic heterocycles.